The normalized spacial score (nSPS) is 13.4. The van der Waals surface area contributed by atoms with Gasteiger partial charge in [-0.2, -0.15) is 0 Å². The molecule has 1 N–H and O–H groups in total. The minimum atomic E-state index is -0.879. The van der Waals surface area contributed by atoms with Crippen LogP contribution in [0, 0.1) is 0 Å². The van der Waals surface area contributed by atoms with Gasteiger partial charge in [-0.25, -0.2) is 4.79 Å². The number of carbonyl (C=O) groups excluding carboxylic acids is 2. The summed E-state index contributed by atoms with van der Waals surface area (Å²) in [5.74, 6) is -1.49. The van der Waals surface area contributed by atoms with Gasteiger partial charge in [0.2, 0.25) is 0 Å². The molecule has 56 heavy (non-hydrogen) atoms. The van der Waals surface area contributed by atoms with Gasteiger partial charge in [-0.15, -0.1) is 0 Å². The number of carbonyl (C=O) groups is 3. The van der Waals surface area contributed by atoms with E-state index in [4.69, 9.17) is 14.2 Å². The van der Waals surface area contributed by atoms with Crippen LogP contribution in [-0.4, -0.2) is 80.6 Å². The lowest BCUT2D eigenvalue weighted by Gasteiger charge is -2.31. The summed E-state index contributed by atoms with van der Waals surface area (Å²) in [6.07, 6.45) is 45.8. The molecule has 2 unspecified atom stereocenters. The van der Waals surface area contributed by atoms with Gasteiger partial charge >= 0.3 is 17.9 Å². The van der Waals surface area contributed by atoms with Crippen LogP contribution in [0.1, 0.15) is 187 Å². The maximum atomic E-state index is 12.7. The fraction of sp³-hybridized carbons (Fsp3) is 0.771. The van der Waals surface area contributed by atoms with Crippen molar-refractivity contribution in [3.63, 3.8) is 0 Å². The van der Waals surface area contributed by atoms with Crippen LogP contribution < -0.4 is 0 Å². The van der Waals surface area contributed by atoms with Gasteiger partial charge in [-0.05, 0) is 64.2 Å². The Kier molecular flexibility index (Phi) is 37.2. The Morgan fingerprint density at radius 1 is 0.571 bits per heavy atom. The third-order valence-electron chi connectivity index (χ3n) is 9.99. The molecule has 0 saturated carbocycles. The molecule has 0 aliphatic rings. The molecule has 0 bridgehead atoms. The molecule has 0 rings (SSSR count). The number of quaternary nitrogens is 1. The highest BCUT2D eigenvalue weighted by molar-refractivity contribution is 5.72. The summed E-state index contributed by atoms with van der Waals surface area (Å²) in [7, 11) is 5.52. The Labute approximate surface area is 344 Å². The van der Waals surface area contributed by atoms with Gasteiger partial charge < -0.3 is 23.8 Å². The van der Waals surface area contributed by atoms with Crippen molar-refractivity contribution in [3.05, 3.63) is 48.6 Å². The zero-order valence-corrected chi connectivity index (χ0v) is 36.8. The topological polar surface area (TPSA) is 99.1 Å². The summed E-state index contributed by atoms with van der Waals surface area (Å²) < 4.78 is 17.3. The van der Waals surface area contributed by atoms with E-state index in [2.05, 4.69) is 62.5 Å². The van der Waals surface area contributed by atoms with E-state index in [-0.39, 0.29) is 36.2 Å². The van der Waals surface area contributed by atoms with Crippen molar-refractivity contribution in [2.45, 2.75) is 199 Å². The van der Waals surface area contributed by atoms with Gasteiger partial charge in [-0.3, -0.25) is 9.59 Å². The molecule has 0 spiro atoms. The fourth-order valence-corrected chi connectivity index (χ4v) is 6.47. The summed E-state index contributed by atoms with van der Waals surface area (Å²) in [4.78, 5) is 37.0. The zero-order chi connectivity index (χ0) is 41.4. The Morgan fingerprint density at radius 3 is 1.57 bits per heavy atom. The van der Waals surface area contributed by atoms with Crippen molar-refractivity contribution in [3.8, 4) is 0 Å². The largest absolute Gasteiger partial charge is 0.477 e. The van der Waals surface area contributed by atoms with E-state index in [0.29, 0.717) is 19.3 Å². The van der Waals surface area contributed by atoms with Crippen LogP contribution >= 0.6 is 0 Å². The minimum absolute atomic E-state index is 0.0547. The van der Waals surface area contributed by atoms with Crippen LogP contribution in [0.25, 0.3) is 0 Å². The second-order valence-corrected chi connectivity index (χ2v) is 16.3. The van der Waals surface area contributed by atoms with Crippen molar-refractivity contribution >= 4 is 17.9 Å². The lowest BCUT2D eigenvalue weighted by atomic mass is 10.1. The maximum Gasteiger partial charge on any atom is 0.362 e. The van der Waals surface area contributed by atoms with Crippen LogP contribution in [0.15, 0.2) is 48.6 Å². The molecule has 0 fully saturated rings. The Morgan fingerprint density at radius 2 is 1.05 bits per heavy atom. The molecule has 0 radical (unpaired) electrons. The van der Waals surface area contributed by atoms with Gasteiger partial charge in [-0.1, -0.05) is 152 Å². The highest BCUT2D eigenvalue weighted by Gasteiger charge is 2.31. The molecule has 8 heteroatoms. The van der Waals surface area contributed by atoms with E-state index < -0.39 is 18.1 Å². The number of likely N-dealkylation sites (N-methyl/N-ethyl adjacent to an activating group) is 1. The number of aliphatic carboxylic acids is 1. The smallest absolute Gasteiger partial charge is 0.362 e. The highest BCUT2D eigenvalue weighted by Crippen LogP contribution is 2.14. The molecule has 0 aromatic rings. The van der Waals surface area contributed by atoms with E-state index in [1.165, 1.54) is 83.5 Å². The Bertz CT molecular complexity index is 1060. The summed E-state index contributed by atoms with van der Waals surface area (Å²) >= 11 is 0. The minimum Gasteiger partial charge on any atom is -0.477 e. The van der Waals surface area contributed by atoms with Crippen LogP contribution in [-0.2, 0) is 28.6 Å². The first-order valence-corrected chi connectivity index (χ1v) is 22.7. The summed E-state index contributed by atoms with van der Waals surface area (Å²) in [6, 6.07) is -0.617. The van der Waals surface area contributed by atoms with Crippen molar-refractivity contribution in [2.24, 2.45) is 0 Å². The number of carboxylic acid groups (broad SMARTS) is 1. The fourth-order valence-electron chi connectivity index (χ4n) is 6.47. The molecule has 0 saturated heterocycles. The van der Waals surface area contributed by atoms with Crippen molar-refractivity contribution in [2.75, 3.05) is 41.0 Å². The Hall–Kier alpha value is -2.71. The summed E-state index contributed by atoms with van der Waals surface area (Å²) in [5, 5.41) is 9.62. The van der Waals surface area contributed by atoms with Crippen LogP contribution in [0.4, 0.5) is 0 Å². The molecule has 0 aliphatic heterocycles. The number of allylic oxidation sites excluding steroid dienone is 8. The number of carboxylic acids is 1. The van der Waals surface area contributed by atoms with Gasteiger partial charge in [0.25, 0.3) is 0 Å². The number of hydrogen-bond donors (Lipinski definition) is 1. The first-order valence-electron chi connectivity index (χ1n) is 22.7. The third-order valence-corrected chi connectivity index (χ3v) is 9.99. The number of ether oxygens (including phenoxy) is 3. The predicted molar refractivity (Wildman–Crippen MR) is 234 cm³/mol. The number of hydrogen-bond acceptors (Lipinski definition) is 6. The van der Waals surface area contributed by atoms with Crippen molar-refractivity contribution in [1.82, 2.24) is 0 Å². The van der Waals surface area contributed by atoms with Crippen LogP contribution in [0.5, 0.6) is 0 Å². The van der Waals surface area contributed by atoms with E-state index in [1.807, 2.05) is 21.1 Å². The molecule has 8 nitrogen and oxygen atoms in total. The molecule has 0 aliphatic carbocycles. The highest BCUT2D eigenvalue weighted by atomic mass is 16.6. The number of rotatable bonds is 40. The van der Waals surface area contributed by atoms with E-state index in [9.17, 15) is 19.5 Å². The van der Waals surface area contributed by atoms with Gasteiger partial charge in [0, 0.05) is 19.3 Å². The average molecular weight is 789 g/mol. The SMILES string of the molecule is CC/C=C/C/C=C/CCCCCCCC(=O)OCC(COCCC(C(=O)O)[N+](C)(C)C)OC(=O)CCCCCCCCCCCC/C=C/C=C/CCCCCC. The van der Waals surface area contributed by atoms with Crippen LogP contribution in [0.2, 0.25) is 0 Å². The molecule has 0 aromatic heterocycles. The van der Waals surface area contributed by atoms with Gasteiger partial charge in [0.1, 0.15) is 6.61 Å². The third kappa shape index (κ3) is 36.9. The lowest BCUT2D eigenvalue weighted by molar-refractivity contribution is -0.887. The number of nitrogens with zero attached hydrogens (tertiary/aromatic N) is 1. The molecule has 324 valence electrons. The van der Waals surface area contributed by atoms with Crippen LogP contribution in [0.3, 0.4) is 0 Å². The second-order valence-electron chi connectivity index (χ2n) is 16.3. The van der Waals surface area contributed by atoms with Crippen molar-refractivity contribution < 1.29 is 38.2 Å². The summed E-state index contributed by atoms with van der Waals surface area (Å²) in [6.45, 7) is 4.59. The Balaban J connectivity index is 4.30. The molecular weight excluding hydrogens is 703 g/mol. The van der Waals surface area contributed by atoms with E-state index >= 15 is 0 Å². The molecule has 0 heterocycles. The van der Waals surface area contributed by atoms with E-state index in [1.54, 1.807) is 0 Å². The molecular formula is C48H86NO7+. The van der Waals surface area contributed by atoms with Crippen molar-refractivity contribution in [1.29, 1.82) is 0 Å². The lowest BCUT2D eigenvalue weighted by Crippen LogP contribution is -2.50. The van der Waals surface area contributed by atoms with Gasteiger partial charge in [0.05, 0.1) is 34.4 Å². The first kappa shape index (κ1) is 53.3. The number of esters is 2. The zero-order valence-electron chi connectivity index (χ0n) is 36.8. The monoisotopic (exact) mass is 789 g/mol. The average Bonchev–Trinajstić information content (AvgIpc) is 3.15. The quantitative estimate of drug-likeness (QED) is 0.0217. The summed E-state index contributed by atoms with van der Waals surface area (Å²) in [5.41, 5.74) is 0. The first-order chi connectivity index (χ1) is 27.1. The molecule has 0 aromatic carbocycles. The second kappa shape index (κ2) is 39.1. The maximum absolute atomic E-state index is 12.7. The van der Waals surface area contributed by atoms with Gasteiger partial charge in [0.15, 0.2) is 12.1 Å². The number of unbranched alkanes of at least 4 members (excludes halogenated alkanes) is 19. The van der Waals surface area contributed by atoms with E-state index in [0.717, 1.165) is 70.6 Å². The molecule has 2 atom stereocenters. The molecule has 0 amide bonds. The standard InChI is InChI=1S/C48H85NO7/c1-6-8-10-12-14-16-18-20-21-22-23-24-25-26-27-29-31-33-35-37-39-47(51)56-44(42-54-41-40-45(48(52)53)49(3,4)5)43-55-46(50)38-36-34-32-30-28-19-17-15-13-11-9-7-2/h9,11,15-18,20-21,44-45H,6-8,10,12-14,19,22-43H2,1-5H3/p+1/b11-9+,17-15+,18-16+,21-20+. The predicted octanol–water partition coefficient (Wildman–Crippen LogP) is 12.4.